The highest BCUT2D eigenvalue weighted by molar-refractivity contribution is 6.66. The molecule has 0 N–H and O–H groups in total. The highest BCUT2D eigenvalue weighted by atomic mass is 35.5. The minimum atomic E-state index is -1.50. The van der Waals surface area contributed by atoms with Crippen LogP contribution < -0.4 is 0 Å². The first-order valence-corrected chi connectivity index (χ1v) is 5.04. The second-order valence-electron chi connectivity index (χ2n) is 2.47. The number of Topliss-reactive ketones (excluding diaryl/α,β-unsaturated/α-hetero) is 1. The van der Waals surface area contributed by atoms with Crippen molar-refractivity contribution in [1.29, 1.82) is 0 Å². The molecule has 72 valence electrons. The molecule has 13 heavy (non-hydrogen) atoms. The number of alkyl halides is 2. The van der Waals surface area contributed by atoms with Gasteiger partial charge in [0.15, 0.2) is 4.33 Å². The molecule has 0 atom stereocenters. The number of allylic oxidation sites excluding steroid dienone is 4. The molecule has 0 unspecified atom stereocenters. The van der Waals surface area contributed by atoms with E-state index in [2.05, 4.69) is 0 Å². The predicted octanol–water partition coefficient (Wildman–Crippen LogP) is 3.95. The van der Waals surface area contributed by atoms with E-state index in [1.54, 1.807) is 0 Å². The van der Waals surface area contributed by atoms with Crippen molar-refractivity contribution in [2.75, 3.05) is 0 Å². The van der Waals surface area contributed by atoms with Crippen LogP contribution in [0, 0.1) is 0 Å². The Kier molecular flexibility index (Phi) is 3.26. The summed E-state index contributed by atoms with van der Waals surface area (Å²) in [6, 6.07) is 0. The van der Waals surface area contributed by atoms with Gasteiger partial charge < -0.3 is 0 Å². The summed E-state index contributed by atoms with van der Waals surface area (Å²) in [5.41, 5.74) is 0.289. The van der Waals surface area contributed by atoms with Gasteiger partial charge in [0.05, 0.1) is 10.1 Å². The highest BCUT2D eigenvalue weighted by Crippen LogP contribution is 2.47. The number of carbonyl (C=O) groups excluding carboxylic acids is 1. The van der Waals surface area contributed by atoms with E-state index in [1.165, 1.54) is 6.92 Å². The van der Waals surface area contributed by atoms with Gasteiger partial charge in [-0.3, -0.25) is 4.79 Å². The zero-order valence-corrected chi connectivity index (χ0v) is 10.1. The molecule has 1 rings (SSSR count). The number of halogens is 5. The molecule has 6 heteroatoms. The molecule has 0 radical (unpaired) electrons. The Morgan fingerprint density at radius 3 is 2.00 bits per heavy atom. The van der Waals surface area contributed by atoms with Gasteiger partial charge in [-0.2, -0.15) is 0 Å². The van der Waals surface area contributed by atoms with Gasteiger partial charge in [-0.15, -0.1) is 0 Å². The standard InChI is InChI=1S/C7H3Cl5O/c1-2-3(8)5(13)4(9)6(10)7(2,11)12/h1H3. The van der Waals surface area contributed by atoms with Gasteiger partial charge in [-0.25, -0.2) is 0 Å². The second-order valence-corrected chi connectivity index (χ2v) is 4.93. The lowest BCUT2D eigenvalue weighted by Crippen LogP contribution is -2.25. The van der Waals surface area contributed by atoms with E-state index in [1.807, 2.05) is 0 Å². The van der Waals surface area contributed by atoms with Crippen LogP contribution in [0.5, 0.6) is 0 Å². The number of hydrogen-bond acceptors (Lipinski definition) is 1. The zero-order valence-electron chi connectivity index (χ0n) is 6.30. The van der Waals surface area contributed by atoms with Gasteiger partial charge in [0.1, 0.15) is 5.03 Å². The first-order chi connectivity index (χ1) is 5.80. The number of carbonyl (C=O) groups is 1. The largest absolute Gasteiger partial charge is 0.287 e. The molecular formula is C7H3Cl5O. The lowest BCUT2D eigenvalue weighted by molar-refractivity contribution is -0.111. The third-order valence-electron chi connectivity index (χ3n) is 1.67. The van der Waals surface area contributed by atoms with Crippen LogP contribution in [0.15, 0.2) is 20.7 Å². The molecule has 0 amide bonds. The fourth-order valence-corrected chi connectivity index (χ4v) is 2.13. The molecular weight excluding hydrogens is 277 g/mol. The average molecular weight is 280 g/mol. The highest BCUT2D eigenvalue weighted by Gasteiger charge is 2.41. The van der Waals surface area contributed by atoms with Crippen molar-refractivity contribution in [3.63, 3.8) is 0 Å². The van der Waals surface area contributed by atoms with Crippen LogP contribution in [0.25, 0.3) is 0 Å². The minimum Gasteiger partial charge on any atom is -0.287 e. The van der Waals surface area contributed by atoms with E-state index in [0.717, 1.165) is 0 Å². The molecule has 1 aliphatic rings. The van der Waals surface area contributed by atoms with Crippen LogP contribution >= 0.6 is 58.0 Å². The summed E-state index contributed by atoms with van der Waals surface area (Å²) in [5.74, 6) is -0.553. The van der Waals surface area contributed by atoms with E-state index in [9.17, 15) is 4.79 Å². The lowest BCUT2D eigenvalue weighted by atomic mass is 10.1. The summed E-state index contributed by atoms with van der Waals surface area (Å²) < 4.78 is -1.50. The molecule has 0 spiro atoms. The van der Waals surface area contributed by atoms with Gasteiger partial charge in [0.25, 0.3) is 0 Å². The van der Waals surface area contributed by atoms with Crippen molar-refractivity contribution in [2.45, 2.75) is 11.3 Å². The summed E-state index contributed by atoms with van der Waals surface area (Å²) in [6.45, 7) is 1.52. The Bertz CT molecular complexity index is 309. The maximum absolute atomic E-state index is 11.3. The van der Waals surface area contributed by atoms with Crippen LogP contribution in [0.1, 0.15) is 6.92 Å². The molecule has 0 aliphatic heterocycles. The van der Waals surface area contributed by atoms with Gasteiger partial charge in [-0.05, 0) is 12.5 Å². The van der Waals surface area contributed by atoms with Crippen molar-refractivity contribution in [2.24, 2.45) is 0 Å². The molecule has 0 saturated heterocycles. The Morgan fingerprint density at radius 1 is 1.08 bits per heavy atom. The van der Waals surface area contributed by atoms with Gasteiger partial charge in [0.2, 0.25) is 5.78 Å². The minimum absolute atomic E-state index is 0.0839. The van der Waals surface area contributed by atoms with Crippen LogP contribution in [0.4, 0.5) is 0 Å². The molecule has 0 aromatic heterocycles. The topological polar surface area (TPSA) is 17.1 Å². The quantitative estimate of drug-likeness (QED) is 0.614. The smallest absolute Gasteiger partial charge is 0.217 e. The Hall–Kier alpha value is 0.600. The van der Waals surface area contributed by atoms with E-state index < -0.39 is 10.1 Å². The molecule has 0 fully saturated rings. The number of rotatable bonds is 0. The third kappa shape index (κ3) is 1.73. The third-order valence-corrected chi connectivity index (χ3v) is 4.19. The van der Waals surface area contributed by atoms with E-state index in [0.29, 0.717) is 0 Å². The van der Waals surface area contributed by atoms with Crippen molar-refractivity contribution >= 4 is 63.8 Å². The monoisotopic (exact) mass is 278 g/mol. The van der Waals surface area contributed by atoms with E-state index >= 15 is 0 Å². The van der Waals surface area contributed by atoms with Crippen LogP contribution in [-0.2, 0) is 4.79 Å². The summed E-state index contributed by atoms with van der Waals surface area (Å²) >= 11 is 28.6. The molecule has 0 heterocycles. The number of ketones is 1. The maximum Gasteiger partial charge on any atom is 0.217 e. The van der Waals surface area contributed by atoms with Crippen LogP contribution in [-0.4, -0.2) is 10.1 Å². The molecule has 1 nitrogen and oxygen atoms in total. The first-order valence-electron chi connectivity index (χ1n) is 3.15. The van der Waals surface area contributed by atoms with E-state index in [-0.39, 0.29) is 20.7 Å². The fourth-order valence-electron chi connectivity index (χ4n) is 0.807. The first kappa shape index (κ1) is 11.7. The molecule has 1 aliphatic carbocycles. The van der Waals surface area contributed by atoms with Gasteiger partial charge in [0, 0.05) is 0 Å². The van der Waals surface area contributed by atoms with Crippen molar-refractivity contribution in [1.82, 2.24) is 0 Å². The fraction of sp³-hybridized carbons (Fsp3) is 0.286. The van der Waals surface area contributed by atoms with Gasteiger partial charge in [-0.1, -0.05) is 58.0 Å². The predicted molar refractivity (Wildman–Crippen MR) is 56.7 cm³/mol. The zero-order chi connectivity index (χ0) is 10.4. The molecule has 0 saturated carbocycles. The summed E-state index contributed by atoms with van der Waals surface area (Å²) in [6.07, 6.45) is 0. The molecule has 0 aromatic carbocycles. The van der Waals surface area contributed by atoms with Crippen molar-refractivity contribution in [3.8, 4) is 0 Å². The van der Waals surface area contributed by atoms with Crippen LogP contribution in [0.2, 0.25) is 0 Å². The Balaban J connectivity index is 3.39. The summed E-state index contributed by atoms with van der Waals surface area (Å²) in [7, 11) is 0. The SMILES string of the molecule is CC1=C(Cl)C(=O)C(Cl)=C(Cl)C1(Cl)Cl. The van der Waals surface area contributed by atoms with Crippen molar-refractivity contribution in [3.05, 3.63) is 20.7 Å². The van der Waals surface area contributed by atoms with Gasteiger partial charge >= 0.3 is 0 Å². The Morgan fingerprint density at radius 2 is 1.54 bits per heavy atom. The van der Waals surface area contributed by atoms with Crippen LogP contribution in [0.3, 0.4) is 0 Å². The Labute approximate surface area is 100 Å². The average Bonchev–Trinajstić information content (AvgIpc) is 2.09. The molecule has 0 bridgehead atoms. The maximum atomic E-state index is 11.3. The summed E-state index contributed by atoms with van der Waals surface area (Å²) in [4.78, 5) is 11.3. The van der Waals surface area contributed by atoms with E-state index in [4.69, 9.17) is 58.0 Å². The number of hydrogen-bond donors (Lipinski definition) is 0. The molecule has 0 aromatic rings. The summed E-state index contributed by atoms with van der Waals surface area (Å²) in [5, 5.41) is -0.425. The lowest BCUT2D eigenvalue weighted by Gasteiger charge is -2.25. The normalized spacial score (nSPS) is 22.8. The second kappa shape index (κ2) is 3.63. The van der Waals surface area contributed by atoms with Crippen molar-refractivity contribution < 1.29 is 4.79 Å².